The number of ether oxygens (including phenoxy) is 1. The Bertz CT molecular complexity index is 1170. The minimum Gasteiger partial charge on any atom is -0.496 e. The molecule has 1 unspecified atom stereocenters. The van der Waals surface area contributed by atoms with Crippen molar-refractivity contribution in [3.05, 3.63) is 41.2 Å². The Morgan fingerprint density at radius 2 is 1.72 bits per heavy atom. The molecule has 8 nitrogen and oxygen atoms in total. The molecule has 1 aromatic heterocycles. The quantitative estimate of drug-likeness (QED) is 0.476. The van der Waals surface area contributed by atoms with Crippen molar-refractivity contribution < 1.29 is 41.0 Å². The average Bonchev–Trinajstić information content (AvgIpc) is 2.87. The van der Waals surface area contributed by atoms with Gasteiger partial charge in [-0.2, -0.15) is 26.3 Å². The molecule has 2 fully saturated rings. The van der Waals surface area contributed by atoms with E-state index in [4.69, 9.17) is 4.74 Å². The molecule has 2 N–H and O–H groups in total. The first-order valence-electron chi connectivity index (χ1n) is 12.5. The minimum absolute atomic E-state index is 0.00702. The number of hydrogen-bond acceptors (Lipinski definition) is 7. The summed E-state index contributed by atoms with van der Waals surface area (Å²) in [6, 6.07) is 3.81. The third-order valence-corrected chi connectivity index (χ3v) is 7.07. The summed E-state index contributed by atoms with van der Waals surface area (Å²) in [6.45, 7) is 1.32. The van der Waals surface area contributed by atoms with E-state index in [1.165, 1.54) is 24.1 Å². The van der Waals surface area contributed by atoms with Gasteiger partial charge in [-0.1, -0.05) is 6.07 Å². The van der Waals surface area contributed by atoms with E-state index < -0.39 is 35.7 Å². The summed E-state index contributed by atoms with van der Waals surface area (Å²) < 4.78 is 84.7. The third-order valence-electron chi connectivity index (χ3n) is 7.07. The lowest BCUT2D eigenvalue weighted by atomic mass is 9.98. The zero-order valence-electron chi connectivity index (χ0n) is 21.1. The number of nitrogens with one attached hydrogen (secondary N) is 1. The van der Waals surface area contributed by atoms with Gasteiger partial charge in [-0.05, 0) is 49.3 Å². The SMILES string of the molecule is COc1cc(C(F)(F)F)ccc1CCNC(=O)C1CCN1c1cc(N2CCC(CO)CC2)nc(C(F)(F)F)n1. The van der Waals surface area contributed by atoms with Gasteiger partial charge in [-0.25, -0.2) is 9.97 Å². The Hall–Kier alpha value is -3.29. The molecule has 2 aromatic rings. The van der Waals surface area contributed by atoms with E-state index in [1.54, 1.807) is 4.90 Å². The number of aliphatic hydroxyl groups excluding tert-OH is 1. The summed E-state index contributed by atoms with van der Waals surface area (Å²) in [5, 5.41) is 12.0. The van der Waals surface area contributed by atoms with Crippen LogP contribution in [0.2, 0.25) is 0 Å². The van der Waals surface area contributed by atoms with Gasteiger partial charge in [0.25, 0.3) is 0 Å². The van der Waals surface area contributed by atoms with Gasteiger partial charge in [0.15, 0.2) is 0 Å². The number of carbonyl (C=O) groups is 1. The fourth-order valence-corrected chi connectivity index (χ4v) is 4.70. The number of alkyl halides is 6. The second-order valence-corrected chi connectivity index (χ2v) is 9.58. The van der Waals surface area contributed by atoms with Gasteiger partial charge in [0, 0.05) is 38.9 Å². The summed E-state index contributed by atoms with van der Waals surface area (Å²) in [4.78, 5) is 23.5. The van der Waals surface area contributed by atoms with Crippen LogP contribution in [0.25, 0.3) is 0 Å². The molecule has 4 rings (SSSR count). The first-order valence-corrected chi connectivity index (χ1v) is 12.5. The summed E-state index contributed by atoms with van der Waals surface area (Å²) >= 11 is 0. The van der Waals surface area contributed by atoms with Crippen molar-refractivity contribution in [3.63, 3.8) is 0 Å². The number of benzene rings is 1. The van der Waals surface area contributed by atoms with E-state index >= 15 is 0 Å². The Kier molecular flexibility index (Phi) is 8.42. The molecule has 1 amide bonds. The molecular formula is C25H29F6N5O3. The average molecular weight is 562 g/mol. The van der Waals surface area contributed by atoms with E-state index in [0.29, 0.717) is 44.5 Å². The molecule has 0 spiro atoms. The smallest absolute Gasteiger partial charge is 0.451 e. The molecule has 2 saturated heterocycles. The Morgan fingerprint density at radius 1 is 1.03 bits per heavy atom. The van der Waals surface area contributed by atoms with E-state index in [1.807, 2.05) is 0 Å². The van der Waals surface area contributed by atoms with Crippen LogP contribution in [0.15, 0.2) is 24.3 Å². The number of methoxy groups -OCH3 is 1. The van der Waals surface area contributed by atoms with Crippen LogP contribution in [0, 0.1) is 5.92 Å². The van der Waals surface area contributed by atoms with Crippen LogP contribution in [0.5, 0.6) is 5.75 Å². The van der Waals surface area contributed by atoms with Crippen molar-refractivity contribution in [1.82, 2.24) is 15.3 Å². The number of aliphatic hydroxyl groups is 1. The Labute approximate surface area is 221 Å². The van der Waals surface area contributed by atoms with Crippen LogP contribution < -0.4 is 19.9 Å². The maximum absolute atomic E-state index is 13.6. The van der Waals surface area contributed by atoms with Crippen molar-refractivity contribution in [2.24, 2.45) is 5.92 Å². The zero-order valence-corrected chi connectivity index (χ0v) is 21.1. The van der Waals surface area contributed by atoms with Crippen molar-refractivity contribution in [2.45, 2.75) is 44.1 Å². The number of anilines is 2. The number of rotatable bonds is 8. The lowest BCUT2D eigenvalue weighted by Gasteiger charge is -2.41. The number of nitrogens with zero attached hydrogens (tertiary/aromatic N) is 4. The molecule has 214 valence electrons. The van der Waals surface area contributed by atoms with E-state index in [9.17, 15) is 36.2 Å². The number of amides is 1. The van der Waals surface area contributed by atoms with Crippen molar-refractivity contribution in [2.75, 3.05) is 49.7 Å². The molecule has 2 aliphatic rings. The monoisotopic (exact) mass is 561 g/mol. The first-order chi connectivity index (χ1) is 18.4. The van der Waals surface area contributed by atoms with Crippen LogP contribution >= 0.6 is 0 Å². The third kappa shape index (κ3) is 6.65. The molecule has 2 aliphatic heterocycles. The van der Waals surface area contributed by atoms with Crippen LogP contribution in [-0.2, 0) is 23.6 Å². The minimum atomic E-state index is -4.78. The molecule has 0 saturated carbocycles. The van der Waals surface area contributed by atoms with E-state index in [2.05, 4.69) is 15.3 Å². The fourth-order valence-electron chi connectivity index (χ4n) is 4.70. The van der Waals surface area contributed by atoms with Gasteiger partial charge in [-0.15, -0.1) is 0 Å². The number of piperidine rings is 1. The molecule has 14 heteroatoms. The van der Waals surface area contributed by atoms with Gasteiger partial charge >= 0.3 is 12.4 Å². The second kappa shape index (κ2) is 11.4. The van der Waals surface area contributed by atoms with Crippen molar-refractivity contribution in [3.8, 4) is 5.75 Å². The van der Waals surface area contributed by atoms with Crippen LogP contribution in [-0.4, -0.2) is 66.9 Å². The van der Waals surface area contributed by atoms with E-state index in [-0.39, 0.29) is 42.9 Å². The van der Waals surface area contributed by atoms with Crippen LogP contribution in [0.3, 0.4) is 0 Å². The molecule has 0 aliphatic carbocycles. The number of hydrogen-bond donors (Lipinski definition) is 2. The van der Waals surface area contributed by atoms with Gasteiger partial charge in [0.1, 0.15) is 23.4 Å². The zero-order chi connectivity index (χ0) is 28.4. The summed E-state index contributed by atoms with van der Waals surface area (Å²) in [5.74, 6) is -1.47. The second-order valence-electron chi connectivity index (χ2n) is 9.58. The highest BCUT2D eigenvalue weighted by Gasteiger charge is 2.40. The summed E-state index contributed by atoms with van der Waals surface area (Å²) in [5.41, 5.74) is -0.381. The Balaban J connectivity index is 1.43. The lowest BCUT2D eigenvalue weighted by Crippen LogP contribution is -2.57. The van der Waals surface area contributed by atoms with Gasteiger partial charge < -0.3 is 25.0 Å². The lowest BCUT2D eigenvalue weighted by molar-refractivity contribution is -0.144. The highest BCUT2D eigenvalue weighted by Crippen LogP contribution is 2.35. The highest BCUT2D eigenvalue weighted by atomic mass is 19.4. The van der Waals surface area contributed by atoms with Crippen molar-refractivity contribution >= 4 is 17.5 Å². The van der Waals surface area contributed by atoms with E-state index in [0.717, 1.165) is 12.1 Å². The molecular weight excluding hydrogens is 532 g/mol. The maximum Gasteiger partial charge on any atom is 0.451 e. The molecule has 39 heavy (non-hydrogen) atoms. The predicted octanol–water partition coefficient (Wildman–Crippen LogP) is 3.67. The number of halogens is 6. The fraction of sp³-hybridized carbons (Fsp3) is 0.560. The maximum atomic E-state index is 13.6. The molecule has 1 atom stereocenters. The largest absolute Gasteiger partial charge is 0.496 e. The van der Waals surface area contributed by atoms with Gasteiger partial charge in [0.2, 0.25) is 11.7 Å². The molecule has 1 aromatic carbocycles. The normalized spacial score (nSPS) is 18.6. The highest BCUT2D eigenvalue weighted by molar-refractivity contribution is 5.86. The van der Waals surface area contributed by atoms with Gasteiger partial charge in [-0.3, -0.25) is 4.79 Å². The number of carbonyl (C=O) groups excluding carboxylic acids is 1. The first kappa shape index (κ1) is 28.7. The molecule has 0 radical (unpaired) electrons. The number of aromatic nitrogens is 2. The molecule has 0 bridgehead atoms. The van der Waals surface area contributed by atoms with Gasteiger partial charge in [0.05, 0.1) is 12.7 Å². The van der Waals surface area contributed by atoms with Crippen molar-refractivity contribution in [1.29, 1.82) is 0 Å². The van der Waals surface area contributed by atoms with Crippen LogP contribution in [0.1, 0.15) is 36.2 Å². The van der Waals surface area contributed by atoms with Crippen LogP contribution in [0.4, 0.5) is 38.0 Å². The Morgan fingerprint density at radius 3 is 2.28 bits per heavy atom. The standard InChI is InChI=1S/C25H29F6N5O3/c1-39-19-12-17(24(26,27)28)3-2-16(19)4-8-32-22(38)18-7-11-36(18)21-13-20(33-23(34-21)25(29,30)31)35-9-5-15(14-37)6-10-35/h2-3,12-13,15,18,37H,4-11,14H2,1H3,(H,32,38). The topological polar surface area (TPSA) is 90.8 Å². The predicted molar refractivity (Wildman–Crippen MR) is 130 cm³/mol. The molecule has 3 heterocycles. The summed E-state index contributed by atoms with van der Waals surface area (Å²) in [7, 11) is 1.25. The summed E-state index contributed by atoms with van der Waals surface area (Å²) in [6.07, 6.45) is -7.46.